The lowest BCUT2D eigenvalue weighted by Gasteiger charge is -2.30. The zero-order valence-corrected chi connectivity index (χ0v) is 24.9. The summed E-state index contributed by atoms with van der Waals surface area (Å²) in [5, 5.41) is 29.9. The third-order valence-corrected chi connectivity index (χ3v) is 7.98. The molecule has 228 valence electrons. The summed E-state index contributed by atoms with van der Waals surface area (Å²) in [7, 11) is 0. The monoisotopic (exact) mass is 596 g/mol. The fraction of sp³-hybridized carbons (Fsp3) is 0.278. The highest BCUT2D eigenvalue weighted by Gasteiger charge is 2.33. The summed E-state index contributed by atoms with van der Waals surface area (Å²) in [6.07, 6.45) is 0.954. The number of hydrogen-bond donors (Lipinski definition) is 3. The molecule has 2 atom stereocenters. The number of hydrogen-bond acceptors (Lipinski definition) is 4. The van der Waals surface area contributed by atoms with Crippen LogP contribution >= 0.6 is 0 Å². The SMILES string of the molecule is CC(C)n1c(/C=C/C(O)CC(O)CC(=O)O)c(-c2ccc(F)cc2)c(-c2ccccc2)c1C(=O)N1CCc2ccccc2C1. The second-order valence-electron chi connectivity index (χ2n) is 11.5. The van der Waals surface area contributed by atoms with Crippen LogP contribution in [-0.4, -0.2) is 55.4 Å². The van der Waals surface area contributed by atoms with Gasteiger partial charge in [0.25, 0.3) is 5.91 Å². The maximum absolute atomic E-state index is 14.6. The summed E-state index contributed by atoms with van der Waals surface area (Å²) in [5.74, 6) is -1.68. The first kappa shape index (κ1) is 30.9. The lowest BCUT2D eigenvalue weighted by Crippen LogP contribution is -2.37. The molecule has 0 aliphatic carbocycles. The number of aliphatic carboxylic acids is 1. The van der Waals surface area contributed by atoms with Gasteiger partial charge in [0.2, 0.25) is 0 Å². The minimum Gasteiger partial charge on any atom is -0.481 e. The van der Waals surface area contributed by atoms with Gasteiger partial charge in [-0.3, -0.25) is 9.59 Å². The number of fused-ring (bicyclic) bond motifs is 1. The van der Waals surface area contributed by atoms with Crippen molar-refractivity contribution in [2.45, 2.75) is 57.9 Å². The molecule has 2 heterocycles. The first-order valence-corrected chi connectivity index (χ1v) is 14.9. The molecular formula is C36H37FN2O5. The van der Waals surface area contributed by atoms with Gasteiger partial charge in [-0.15, -0.1) is 0 Å². The highest BCUT2D eigenvalue weighted by Crippen LogP contribution is 2.43. The number of halogens is 1. The Kier molecular flexibility index (Phi) is 9.42. The molecule has 0 spiro atoms. The zero-order valence-electron chi connectivity index (χ0n) is 24.9. The van der Waals surface area contributed by atoms with Crippen molar-refractivity contribution >= 4 is 18.0 Å². The normalized spacial score (nSPS) is 14.5. The van der Waals surface area contributed by atoms with Gasteiger partial charge in [0.05, 0.1) is 18.6 Å². The summed E-state index contributed by atoms with van der Waals surface area (Å²) in [5.41, 5.74) is 6.39. The number of carbonyl (C=O) groups excluding carboxylic acids is 1. The number of carboxylic acids is 1. The van der Waals surface area contributed by atoms with Gasteiger partial charge in [0.15, 0.2) is 0 Å². The van der Waals surface area contributed by atoms with Crippen LogP contribution in [0.4, 0.5) is 4.39 Å². The van der Waals surface area contributed by atoms with Crippen LogP contribution in [0.25, 0.3) is 28.3 Å². The summed E-state index contributed by atoms with van der Waals surface area (Å²) in [6.45, 7) is 5.00. The lowest BCUT2D eigenvalue weighted by atomic mass is 9.93. The van der Waals surface area contributed by atoms with Crippen LogP contribution in [0, 0.1) is 5.82 Å². The second-order valence-corrected chi connectivity index (χ2v) is 11.5. The predicted molar refractivity (Wildman–Crippen MR) is 168 cm³/mol. The molecule has 8 heteroatoms. The van der Waals surface area contributed by atoms with Crippen molar-refractivity contribution in [2.75, 3.05) is 6.54 Å². The third kappa shape index (κ3) is 6.67. The van der Waals surface area contributed by atoms with Crippen LogP contribution in [0.2, 0.25) is 0 Å². The Balaban J connectivity index is 1.71. The van der Waals surface area contributed by atoms with Gasteiger partial charge in [0.1, 0.15) is 11.5 Å². The largest absolute Gasteiger partial charge is 0.481 e. The second kappa shape index (κ2) is 13.4. The van der Waals surface area contributed by atoms with Gasteiger partial charge >= 0.3 is 5.97 Å². The highest BCUT2D eigenvalue weighted by atomic mass is 19.1. The quantitative estimate of drug-likeness (QED) is 0.198. The first-order chi connectivity index (χ1) is 21.1. The van der Waals surface area contributed by atoms with Crippen LogP contribution < -0.4 is 0 Å². The summed E-state index contributed by atoms with van der Waals surface area (Å²) >= 11 is 0. The molecule has 1 amide bonds. The molecule has 3 aromatic carbocycles. The Bertz CT molecular complexity index is 1660. The van der Waals surface area contributed by atoms with Crippen molar-refractivity contribution in [3.8, 4) is 22.3 Å². The molecule has 1 aliphatic rings. The lowest BCUT2D eigenvalue weighted by molar-refractivity contribution is -0.139. The molecule has 4 aromatic rings. The topological polar surface area (TPSA) is 103 Å². The van der Waals surface area contributed by atoms with Gasteiger partial charge in [0, 0.05) is 42.4 Å². The maximum Gasteiger partial charge on any atom is 0.305 e. The van der Waals surface area contributed by atoms with Gasteiger partial charge in [-0.1, -0.05) is 72.8 Å². The standard InChI is InChI=1S/C36H37FN2O5/c1-23(2)39-31(17-16-29(40)20-30(41)21-32(42)43)33(26-12-14-28(37)15-13-26)34(25-9-4-3-5-10-25)35(39)36(44)38-19-18-24-8-6-7-11-27(24)22-38/h3-17,23,29-30,40-41H,18-22H2,1-2H3,(H,42,43)/b17-16+. The van der Waals surface area contributed by atoms with Crippen molar-refractivity contribution in [3.05, 3.63) is 113 Å². The number of aliphatic hydroxyl groups excluding tert-OH is 2. The molecule has 2 unspecified atom stereocenters. The summed E-state index contributed by atoms with van der Waals surface area (Å²) in [6, 6.07) is 23.7. The Morgan fingerprint density at radius 3 is 2.18 bits per heavy atom. The molecule has 0 radical (unpaired) electrons. The molecule has 7 nitrogen and oxygen atoms in total. The van der Waals surface area contributed by atoms with Gasteiger partial charge in [-0.05, 0) is 60.7 Å². The number of benzene rings is 3. The molecule has 0 saturated carbocycles. The van der Waals surface area contributed by atoms with E-state index in [4.69, 9.17) is 5.11 Å². The van der Waals surface area contributed by atoms with Gasteiger partial charge < -0.3 is 24.8 Å². The van der Waals surface area contributed by atoms with E-state index in [1.165, 1.54) is 23.8 Å². The van der Waals surface area contributed by atoms with E-state index in [1.807, 2.05) is 71.8 Å². The number of carboxylic acid groups (broad SMARTS) is 1. The molecule has 0 bridgehead atoms. The maximum atomic E-state index is 14.6. The van der Waals surface area contributed by atoms with Crippen molar-refractivity contribution in [1.82, 2.24) is 9.47 Å². The Hall–Kier alpha value is -4.53. The predicted octanol–water partition coefficient (Wildman–Crippen LogP) is 6.34. The summed E-state index contributed by atoms with van der Waals surface area (Å²) < 4.78 is 16.1. The summed E-state index contributed by atoms with van der Waals surface area (Å²) in [4.78, 5) is 27.5. The first-order valence-electron chi connectivity index (χ1n) is 14.9. The number of aliphatic hydroxyl groups is 2. The average Bonchev–Trinajstić information content (AvgIpc) is 3.35. The Labute approximate surface area is 256 Å². The van der Waals surface area contributed by atoms with Crippen molar-refractivity contribution in [2.24, 2.45) is 0 Å². The molecule has 1 aromatic heterocycles. The van der Waals surface area contributed by atoms with E-state index in [1.54, 1.807) is 18.2 Å². The minimum absolute atomic E-state index is 0.132. The molecule has 1 aliphatic heterocycles. The molecule has 3 N–H and O–H groups in total. The van der Waals surface area contributed by atoms with E-state index < -0.39 is 24.6 Å². The van der Waals surface area contributed by atoms with E-state index >= 15 is 0 Å². The van der Waals surface area contributed by atoms with Crippen LogP contribution in [0.1, 0.15) is 60.0 Å². The minimum atomic E-state index is -1.22. The number of rotatable bonds is 10. The number of aromatic nitrogens is 1. The highest BCUT2D eigenvalue weighted by molar-refractivity contribution is 6.06. The van der Waals surface area contributed by atoms with Crippen LogP contribution in [0.5, 0.6) is 0 Å². The van der Waals surface area contributed by atoms with Crippen molar-refractivity contribution in [3.63, 3.8) is 0 Å². The van der Waals surface area contributed by atoms with Gasteiger partial charge in [-0.25, -0.2) is 4.39 Å². The van der Waals surface area contributed by atoms with Crippen molar-refractivity contribution < 1.29 is 29.3 Å². The molecule has 44 heavy (non-hydrogen) atoms. The van der Waals surface area contributed by atoms with E-state index in [0.29, 0.717) is 41.2 Å². The van der Waals surface area contributed by atoms with Crippen LogP contribution in [-0.2, 0) is 17.8 Å². The number of amides is 1. The van der Waals surface area contributed by atoms with E-state index in [-0.39, 0.29) is 24.2 Å². The van der Waals surface area contributed by atoms with Crippen LogP contribution in [0.3, 0.4) is 0 Å². The molecule has 0 fully saturated rings. The van der Waals surface area contributed by atoms with E-state index in [0.717, 1.165) is 17.5 Å². The third-order valence-electron chi connectivity index (χ3n) is 7.98. The number of carbonyl (C=O) groups is 2. The van der Waals surface area contributed by atoms with Crippen LogP contribution in [0.15, 0.2) is 84.9 Å². The van der Waals surface area contributed by atoms with Gasteiger partial charge in [-0.2, -0.15) is 0 Å². The molecular weight excluding hydrogens is 559 g/mol. The smallest absolute Gasteiger partial charge is 0.305 e. The van der Waals surface area contributed by atoms with Crippen molar-refractivity contribution in [1.29, 1.82) is 0 Å². The molecule has 0 saturated heterocycles. The number of nitrogens with zero attached hydrogens (tertiary/aromatic N) is 2. The van der Waals surface area contributed by atoms with E-state index in [2.05, 4.69) is 6.07 Å². The molecule has 5 rings (SSSR count). The average molecular weight is 597 g/mol. The fourth-order valence-corrected chi connectivity index (χ4v) is 5.98. The van der Waals surface area contributed by atoms with E-state index in [9.17, 15) is 24.2 Å². The fourth-order valence-electron chi connectivity index (χ4n) is 5.98. The Morgan fingerprint density at radius 2 is 1.52 bits per heavy atom. The Morgan fingerprint density at radius 1 is 0.886 bits per heavy atom. The zero-order chi connectivity index (χ0) is 31.4.